The number of imidazole rings is 2. The fourth-order valence-corrected chi connectivity index (χ4v) is 6.55. The van der Waals surface area contributed by atoms with E-state index in [0.717, 1.165) is 9.13 Å². The number of hydrogen-bond donors (Lipinski definition) is 0. The Morgan fingerprint density at radius 1 is 0.453 bits per heavy atom. The predicted molar refractivity (Wildman–Crippen MR) is 161 cm³/mol. The van der Waals surface area contributed by atoms with Crippen LogP contribution in [0.4, 0.5) is 79.0 Å². The zero-order chi connectivity index (χ0) is 41.8. The summed E-state index contributed by atoms with van der Waals surface area (Å²) in [4.78, 5) is 0. The summed E-state index contributed by atoms with van der Waals surface area (Å²) in [6.07, 6.45) is -17.8. The van der Waals surface area contributed by atoms with Crippen molar-refractivity contribution >= 4 is 75.0 Å². The first-order valence-corrected chi connectivity index (χ1v) is 16.0. The minimum absolute atomic E-state index is 0. The first kappa shape index (κ1) is 52.0. The van der Waals surface area contributed by atoms with Gasteiger partial charge in [-0.1, -0.05) is 0 Å². The van der Waals surface area contributed by atoms with Gasteiger partial charge in [0.25, 0.3) is 0 Å². The fraction of sp³-hybridized carbons (Fsp3) is 0.750. The summed E-state index contributed by atoms with van der Waals surface area (Å²) in [5.74, 6) is -38.6. The van der Waals surface area contributed by atoms with Crippen molar-refractivity contribution in [3.8, 4) is 0 Å². The van der Waals surface area contributed by atoms with Crippen molar-refractivity contribution in [2.45, 2.75) is 134 Å². The molecule has 0 aliphatic heterocycles. The predicted octanol–water partition coefficient (Wildman–Crippen LogP) is 10.5. The zero-order valence-electron chi connectivity index (χ0n) is 26.3. The van der Waals surface area contributed by atoms with Crippen molar-refractivity contribution in [3.63, 3.8) is 0 Å². The Balaban J connectivity index is 0.00000100. The molecule has 2 aromatic rings. The third-order valence-electron chi connectivity index (χ3n) is 6.92. The summed E-state index contributed by atoms with van der Waals surface area (Å²) in [6, 6.07) is -0.732. The first-order chi connectivity index (χ1) is 22.8. The number of alkyl halides is 18. The molecule has 2 heterocycles. The molecule has 2 rings (SSSR count). The van der Waals surface area contributed by atoms with Gasteiger partial charge < -0.3 is 68.8 Å². The molecule has 0 amide bonds. The Morgan fingerprint density at radius 2 is 0.679 bits per heavy atom. The molecule has 4 nitrogen and oxygen atoms in total. The molecule has 0 N–H and O–H groups in total. The molecular weight excluding hydrogens is 937 g/mol. The van der Waals surface area contributed by atoms with Crippen molar-refractivity contribution in [3.05, 3.63) is 9.54 Å². The molecule has 0 bridgehead atoms. The van der Waals surface area contributed by atoms with Crippen molar-refractivity contribution in [1.82, 2.24) is 18.3 Å². The first-order valence-electron chi connectivity index (χ1n) is 13.6. The van der Waals surface area contributed by atoms with E-state index in [-0.39, 0.29) is 58.2 Å². The van der Waals surface area contributed by atoms with Crippen LogP contribution in [0.2, 0.25) is 0 Å². The van der Waals surface area contributed by atoms with Gasteiger partial charge in [0.15, 0.2) is 9.54 Å². The number of nitrogens with zero attached hydrogens (tertiary/aromatic N) is 4. The second kappa shape index (κ2) is 16.8. The second-order valence-electron chi connectivity index (χ2n) is 11.2. The third kappa shape index (κ3) is 9.58. The van der Waals surface area contributed by atoms with Crippen LogP contribution >= 0.6 is 24.4 Å². The number of rotatable bonds is 12. The van der Waals surface area contributed by atoms with Crippen LogP contribution in [0.25, 0.3) is 0 Å². The molecule has 0 aliphatic carbocycles. The maximum absolute atomic E-state index is 13.6. The van der Waals surface area contributed by atoms with Gasteiger partial charge in [0.05, 0.1) is 0 Å². The van der Waals surface area contributed by atoms with E-state index in [4.69, 9.17) is 75.0 Å². The van der Waals surface area contributed by atoms with Crippen LogP contribution in [-0.2, 0) is 80.1 Å². The average molecular weight is 960 g/mol. The summed E-state index contributed by atoms with van der Waals surface area (Å²) >= 11 is 29.4. The minimum Gasteiger partial charge on any atom is -0.762 e. The molecule has 314 valence electrons. The van der Waals surface area contributed by atoms with E-state index in [1.807, 2.05) is 0 Å². The molecule has 0 spiro atoms. The number of aromatic nitrogens is 4. The van der Waals surface area contributed by atoms with E-state index in [1.165, 1.54) is 9.13 Å². The van der Waals surface area contributed by atoms with Crippen LogP contribution in [0.5, 0.6) is 0 Å². The monoisotopic (exact) mass is 958 g/mol. The summed E-state index contributed by atoms with van der Waals surface area (Å²) in [7, 11) is 0. The maximum Gasteiger partial charge on any atom is 0.460 e. The Kier molecular flexibility index (Phi) is 16.5. The van der Waals surface area contributed by atoms with Gasteiger partial charge in [0.1, 0.15) is 0 Å². The molecule has 0 saturated heterocycles. The molecule has 0 aliphatic rings. The SMILES string of the molecule is CC(C)n1c([S-])c([S-])n(CCC(F)(F)C(F)(F)C(F)(F)C(F)(F)F)c1=S.CC(C)n1c([S-])c([S-])n(CCC(F)(F)C(F)(F)C(F)(F)C(F)(F)F)c1=S.[Ni]. The topological polar surface area (TPSA) is 19.7 Å². The molecule has 0 atom stereocenters. The van der Waals surface area contributed by atoms with Crippen molar-refractivity contribution in [2.75, 3.05) is 0 Å². The smallest absolute Gasteiger partial charge is 0.460 e. The van der Waals surface area contributed by atoms with E-state index < -0.39 is 73.8 Å². The van der Waals surface area contributed by atoms with Crippen molar-refractivity contribution in [1.29, 1.82) is 0 Å². The van der Waals surface area contributed by atoms with Gasteiger partial charge in [-0.05, 0) is 52.1 Å². The maximum atomic E-state index is 13.6. The van der Waals surface area contributed by atoms with Crippen LogP contribution in [0.15, 0.2) is 20.1 Å². The molecule has 53 heavy (non-hydrogen) atoms. The summed E-state index contributed by atoms with van der Waals surface area (Å²) in [6.45, 7) is 4.21. The van der Waals surface area contributed by atoms with Gasteiger partial charge in [0.2, 0.25) is 0 Å². The van der Waals surface area contributed by atoms with Crippen LogP contribution in [0, 0.1) is 9.54 Å². The summed E-state index contributed by atoms with van der Waals surface area (Å²) in [5, 5.41) is -0.674. The van der Waals surface area contributed by atoms with E-state index in [0.29, 0.717) is 0 Å². The largest absolute Gasteiger partial charge is 0.762 e. The van der Waals surface area contributed by atoms with E-state index in [9.17, 15) is 79.0 Å². The van der Waals surface area contributed by atoms with Gasteiger partial charge in [-0.25, -0.2) is 0 Å². The van der Waals surface area contributed by atoms with E-state index in [1.54, 1.807) is 27.7 Å². The normalized spacial score (nSPS) is 14.0. The number of hydrogen-bond acceptors (Lipinski definition) is 6. The van der Waals surface area contributed by atoms with Crippen LogP contribution < -0.4 is 0 Å². The Hall–Kier alpha value is -1.03. The molecule has 0 saturated carbocycles. The van der Waals surface area contributed by atoms with Crippen LogP contribution in [0.1, 0.15) is 52.6 Å². The third-order valence-corrected chi connectivity index (χ3v) is 9.62. The van der Waals surface area contributed by atoms with Crippen LogP contribution in [0.3, 0.4) is 0 Å². The van der Waals surface area contributed by atoms with E-state index in [2.05, 4.69) is 0 Å². The zero-order valence-corrected chi connectivity index (χ0v) is 32.2. The molecule has 29 heteroatoms. The summed E-state index contributed by atoms with van der Waals surface area (Å²) in [5.41, 5.74) is 0. The molecular formula is C24H22F18N4NiS6-4. The quantitative estimate of drug-likeness (QED) is 0.0908. The van der Waals surface area contributed by atoms with Crippen molar-refractivity contribution < 1.29 is 95.5 Å². The number of halogens is 18. The molecule has 0 fully saturated rings. The Bertz CT molecular complexity index is 1570. The molecule has 0 unspecified atom stereocenters. The Morgan fingerprint density at radius 3 is 0.849 bits per heavy atom. The summed E-state index contributed by atoms with van der Waals surface area (Å²) < 4.78 is 235. The van der Waals surface area contributed by atoms with Gasteiger partial charge in [-0.3, -0.25) is 0 Å². The molecule has 0 aromatic carbocycles. The van der Waals surface area contributed by atoms with Gasteiger partial charge in [-0.2, -0.15) is 79.0 Å². The standard InChI is InChI=1S/2C12H13F9N2S3.Ni/c2*1-5(2)23-7(25)6(24)22(8(23)26)4-3-9(13,14)10(15,16)11(17,18)12(19,20)21;/h2*5,24-25H,3-4H2,1-2H3;/p-4. The molecule has 0 radical (unpaired) electrons. The van der Waals surface area contributed by atoms with Gasteiger partial charge in [0, 0.05) is 54.5 Å². The average Bonchev–Trinajstić information content (AvgIpc) is 3.30. The van der Waals surface area contributed by atoms with Crippen molar-refractivity contribution in [2.24, 2.45) is 0 Å². The second-order valence-corrected chi connectivity index (χ2v) is 13.5. The Labute approximate surface area is 330 Å². The van der Waals surface area contributed by atoms with E-state index >= 15 is 0 Å². The molecule has 2 aromatic heterocycles. The fourth-order valence-electron chi connectivity index (χ4n) is 3.98. The van der Waals surface area contributed by atoms with Crippen LogP contribution in [-0.4, -0.2) is 66.2 Å². The minimum atomic E-state index is -6.92. The van der Waals surface area contributed by atoms with Gasteiger partial charge in [-0.15, -0.1) is 20.1 Å². The van der Waals surface area contributed by atoms with Gasteiger partial charge >= 0.3 is 47.9 Å².